The molecule has 0 unspecified atom stereocenters. The molecular weight excluding hydrogens is 275 g/mol. The minimum atomic E-state index is -4.72. The Morgan fingerprint density at radius 2 is 1.80 bits per heavy atom. The fourth-order valence-electron chi connectivity index (χ4n) is 1.56. The Hall–Kier alpha value is -1.73. The van der Waals surface area contributed by atoms with Crippen molar-refractivity contribution in [2.45, 2.75) is 52.4 Å². The third-order valence-corrected chi connectivity index (χ3v) is 2.30. The molecule has 0 radical (unpaired) electrons. The second-order valence-electron chi connectivity index (χ2n) is 5.65. The zero-order valence-corrected chi connectivity index (χ0v) is 12.0. The lowest BCUT2D eigenvalue weighted by molar-refractivity contribution is -0.140. The van der Waals surface area contributed by atoms with Crippen LogP contribution in [0.5, 0.6) is 0 Å². The van der Waals surface area contributed by atoms with Crippen LogP contribution in [0.4, 0.5) is 18.9 Å². The van der Waals surface area contributed by atoms with E-state index in [2.05, 4.69) is 5.10 Å². The molecule has 1 aromatic rings. The molecular formula is C12H18F3N3O2. The van der Waals surface area contributed by atoms with Crippen molar-refractivity contribution in [2.24, 2.45) is 0 Å². The van der Waals surface area contributed by atoms with Gasteiger partial charge in [-0.25, -0.2) is 4.79 Å². The van der Waals surface area contributed by atoms with Gasteiger partial charge in [0, 0.05) is 6.04 Å². The van der Waals surface area contributed by atoms with Crippen LogP contribution in [0.25, 0.3) is 0 Å². The summed E-state index contributed by atoms with van der Waals surface area (Å²) in [6.45, 7) is 8.03. The molecule has 20 heavy (non-hydrogen) atoms. The van der Waals surface area contributed by atoms with Gasteiger partial charge in [0.25, 0.3) is 0 Å². The number of aromatic nitrogens is 2. The van der Waals surface area contributed by atoms with Gasteiger partial charge in [-0.2, -0.15) is 18.3 Å². The Bertz CT molecular complexity index is 513. The van der Waals surface area contributed by atoms with Crippen LogP contribution in [0.2, 0.25) is 0 Å². The summed E-state index contributed by atoms with van der Waals surface area (Å²) in [6.07, 6.45) is -4.72. The summed E-state index contributed by atoms with van der Waals surface area (Å²) in [7, 11) is 0. The summed E-state index contributed by atoms with van der Waals surface area (Å²) in [6, 6.07) is -0.462. The first-order valence-electron chi connectivity index (χ1n) is 6.03. The molecule has 0 aromatic carbocycles. The zero-order chi connectivity index (χ0) is 15.9. The van der Waals surface area contributed by atoms with Gasteiger partial charge >= 0.3 is 12.1 Å². The van der Waals surface area contributed by atoms with Crippen molar-refractivity contribution in [3.63, 3.8) is 0 Å². The highest BCUT2D eigenvalue weighted by molar-refractivity contribution is 5.94. The van der Waals surface area contributed by atoms with Crippen LogP contribution in [-0.4, -0.2) is 21.4 Å². The van der Waals surface area contributed by atoms with Crippen LogP contribution in [0.15, 0.2) is 0 Å². The van der Waals surface area contributed by atoms with Crippen molar-refractivity contribution in [3.8, 4) is 0 Å². The third-order valence-electron chi connectivity index (χ3n) is 2.30. The van der Waals surface area contributed by atoms with E-state index in [1.165, 1.54) is 0 Å². The van der Waals surface area contributed by atoms with E-state index in [9.17, 15) is 18.0 Å². The zero-order valence-electron chi connectivity index (χ0n) is 12.0. The van der Waals surface area contributed by atoms with Gasteiger partial charge in [0.15, 0.2) is 11.4 Å². The molecule has 0 saturated heterocycles. The Morgan fingerprint density at radius 1 is 1.30 bits per heavy atom. The van der Waals surface area contributed by atoms with Crippen molar-refractivity contribution in [2.75, 3.05) is 5.73 Å². The Labute approximate surface area is 114 Å². The van der Waals surface area contributed by atoms with E-state index in [0.717, 1.165) is 4.68 Å². The summed E-state index contributed by atoms with van der Waals surface area (Å²) >= 11 is 0. The number of carbonyl (C=O) groups is 1. The maximum absolute atomic E-state index is 12.8. The van der Waals surface area contributed by atoms with Crippen LogP contribution >= 0.6 is 0 Å². The van der Waals surface area contributed by atoms with Gasteiger partial charge in [0.05, 0.1) is 5.69 Å². The minimum absolute atomic E-state index is 0.373. The summed E-state index contributed by atoms with van der Waals surface area (Å²) in [5.41, 5.74) is 2.25. The average Bonchev–Trinajstić information content (AvgIpc) is 2.52. The van der Waals surface area contributed by atoms with Gasteiger partial charge < -0.3 is 10.5 Å². The van der Waals surface area contributed by atoms with Crippen LogP contribution in [0.1, 0.15) is 56.8 Å². The predicted molar refractivity (Wildman–Crippen MR) is 67.2 cm³/mol. The molecule has 0 spiro atoms. The smallest absolute Gasteiger partial charge is 0.437 e. The fourth-order valence-corrected chi connectivity index (χ4v) is 1.56. The van der Waals surface area contributed by atoms with Crippen molar-refractivity contribution >= 4 is 11.7 Å². The molecule has 0 aliphatic carbocycles. The topological polar surface area (TPSA) is 70.1 Å². The van der Waals surface area contributed by atoms with Gasteiger partial charge in [-0.15, -0.1) is 0 Å². The van der Waals surface area contributed by atoms with E-state index in [0.29, 0.717) is 0 Å². The number of nitrogens with zero attached hydrogens (tertiary/aromatic N) is 2. The maximum Gasteiger partial charge on any atom is 0.437 e. The number of hydrogen-bond donors (Lipinski definition) is 1. The number of nitrogens with two attached hydrogens (primary N) is 1. The fraction of sp³-hybridized carbons (Fsp3) is 0.667. The maximum atomic E-state index is 12.8. The number of carbonyl (C=O) groups excluding carboxylic acids is 1. The number of ether oxygens (including phenoxy) is 1. The molecule has 0 aliphatic heterocycles. The summed E-state index contributed by atoms with van der Waals surface area (Å²) in [5, 5.41) is 3.40. The largest absolute Gasteiger partial charge is 0.455 e. The highest BCUT2D eigenvalue weighted by Crippen LogP contribution is 2.35. The van der Waals surface area contributed by atoms with Gasteiger partial charge in [-0.05, 0) is 34.6 Å². The quantitative estimate of drug-likeness (QED) is 0.851. The van der Waals surface area contributed by atoms with Crippen LogP contribution in [-0.2, 0) is 10.9 Å². The molecule has 5 nitrogen and oxygen atoms in total. The number of alkyl halides is 3. The van der Waals surface area contributed by atoms with Gasteiger partial charge in [0.2, 0.25) is 0 Å². The van der Waals surface area contributed by atoms with Crippen molar-refractivity contribution in [1.29, 1.82) is 0 Å². The van der Waals surface area contributed by atoms with Gasteiger partial charge in [0.1, 0.15) is 5.60 Å². The van der Waals surface area contributed by atoms with E-state index in [4.69, 9.17) is 10.5 Å². The SMILES string of the molecule is CC(C)n1nc(C(F)(F)F)c(N)c1C(=O)OC(C)(C)C. The van der Waals surface area contributed by atoms with Crippen molar-refractivity contribution < 1.29 is 22.7 Å². The van der Waals surface area contributed by atoms with Crippen LogP contribution < -0.4 is 5.73 Å². The van der Waals surface area contributed by atoms with E-state index in [-0.39, 0.29) is 5.69 Å². The number of halogens is 3. The molecule has 0 bridgehead atoms. The summed E-state index contributed by atoms with van der Waals surface area (Å²) in [4.78, 5) is 12.0. The standard InChI is InChI=1S/C12H18F3N3O2/c1-6(2)18-8(10(19)20-11(3,4)5)7(16)9(17-18)12(13,14)15/h6H,16H2,1-5H3. The van der Waals surface area contributed by atoms with Crippen molar-refractivity contribution in [1.82, 2.24) is 9.78 Å². The highest BCUT2D eigenvalue weighted by Gasteiger charge is 2.41. The molecule has 0 aliphatic rings. The van der Waals surface area contributed by atoms with E-state index >= 15 is 0 Å². The summed E-state index contributed by atoms with van der Waals surface area (Å²) < 4.78 is 44.4. The Morgan fingerprint density at radius 3 is 2.15 bits per heavy atom. The second-order valence-corrected chi connectivity index (χ2v) is 5.65. The first kappa shape index (κ1) is 16.3. The lowest BCUT2D eigenvalue weighted by atomic mass is 10.2. The summed E-state index contributed by atoms with van der Waals surface area (Å²) in [5.74, 6) is -0.924. The van der Waals surface area contributed by atoms with E-state index in [1.807, 2.05) is 0 Å². The third kappa shape index (κ3) is 3.43. The molecule has 2 N–H and O–H groups in total. The number of anilines is 1. The molecule has 1 rings (SSSR count). The lowest BCUT2D eigenvalue weighted by Crippen LogP contribution is -2.26. The van der Waals surface area contributed by atoms with E-state index in [1.54, 1.807) is 34.6 Å². The van der Waals surface area contributed by atoms with Gasteiger partial charge in [-0.3, -0.25) is 4.68 Å². The van der Waals surface area contributed by atoms with Crippen LogP contribution in [0, 0.1) is 0 Å². The van der Waals surface area contributed by atoms with Crippen LogP contribution in [0.3, 0.4) is 0 Å². The number of rotatable bonds is 2. The molecule has 0 atom stereocenters. The Balaban J connectivity index is 3.38. The monoisotopic (exact) mass is 293 g/mol. The van der Waals surface area contributed by atoms with E-state index < -0.39 is 35.2 Å². The molecule has 114 valence electrons. The molecule has 0 fully saturated rings. The number of esters is 1. The highest BCUT2D eigenvalue weighted by atomic mass is 19.4. The van der Waals surface area contributed by atoms with Gasteiger partial charge in [-0.1, -0.05) is 0 Å². The number of nitrogen functional groups attached to an aromatic ring is 1. The lowest BCUT2D eigenvalue weighted by Gasteiger charge is -2.20. The predicted octanol–water partition coefficient (Wildman–Crippen LogP) is 3.02. The first-order chi connectivity index (χ1) is 8.84. The number of hydrogen-bond acceptors (Lipinski definition) is 4. The normalized spacial score (nSPS) is 12.8. The van der Waals surface area contributed by atoms with Crippen molar-refractivity contribution in [3.05, 3.63) is 11.4 Å². The molecule has 0 amide bonds. The minimum Gasteiger partial charge on any atom is -0.455 e. The molecule has 8 heteroatoms. The molecule has 1 heterocycles. The molecule has 0 saturated carbocycles. The molecule has 1 aromatic heterocycles. The average molecular weight is 293 g/mol. The Kier molecular flexibility index (Phi) is 4.07. The second kappa shape index (κ2) is 4.99. The first-order valence-corrected chi connectivity index (χ1v) is 6.03.